The second-order valence-corrected chi connectivity index (χ2v) is 5.90. The average molecular weight is 260 g/mol. The largest absolute Gasteiger partial charge is 0.396 e. The van der Waals surface area contributed by atoms with Crippen molar-refractivity contribution in [1.82, 2.24) is 9.80 Å². The van der Waals surface area contributed by atoms with Crippen LogP contribution in [0.25, 0.3) is 0 Å². The van der Waals surface area contributed by atoms with Crippen molar-refractivity contribution in [3.63, 3.8) is 0 Å². The van der Waals surface area contributed by atoms with Gasteiger partial charge in [0.2, 0.25) is 0 Å². The molecule has 4 heteroatoms. The quantitative estimate of drug-likeness (QED) is 0.607. The van der Waals surface area contributed by atoms with Crippen molar-refractivity contribution in [1.29, 1.82) is 0 Å². The summed E-state index contributed by atoms with van der Waals surface area (Å²) in [4.78, 5) is 4.38. The molecule has 0 fully saturated rings. The van der Waals surface area contributed by atoms with Gasteiger partial charge in [0, 0.05) is 12.5 Å². The smallest absolute Gasteiger partial charge is 0.0540 e. The Hall–Kier alpha value is -0.160. The van der Waals surface area contributed by atoms with Crippen LogP contribution in [-0.4, -0.2) is 76.5 Å². The lowest BCUT2D eigenvalue weighted by atomic mass is 9.80. The van der Waals surface area contributed by atoms with Gasteiger partial charge in [0.15, 0.2) is 0 Å². The maximum absolute atomic E-state index is 9.73. The van der Waals surface area contributed by atoms with Crippen LogP contribution in [-0.2, 0) is 4.74 Å². The summed E-state index contributed by atoms with van der Waals surface area (Å²) in [5.74, 6) is 0. The Labute approximate surface area is 113 Å². The molecule has 4 nitrogen and oxygen atoms in total. The van der Waals surface area contributed by atoms with E-state index in [1.807, 2.05) is 0 Å². The molecule has 0 atom stereocenters. The number of nitrogens with zero attached hydrogens (tertiary/aromatic N) is 2. The van der Waals surface area contributed by atoms with Crippen molar-refractivity contribution in [3.05, 3.63) is 0 Å². The predicted molar refractivity (Wildman–Crippen MR) is 77.0 cm³/mol. The second kappa shape index (κ2) is 9.73. The summed E-state index contributed by atoms with van der Waals surface area (Å²) in [6, 6.07) is 0. The molecule has 0 aliphatic carbocycles. The normalized spacial score (nSPS) is 12.7. The van der Waals surface area contributed by atoms with Crippen molar-refractivity contribution in [2.24, 2.45) is 5.41 Å². The molecule has 18 heavy (non-hydrogen) atoms. The van der Waals surface area contributed by atoms with Gasteiger partial charge in [0.25, 0.3) is 0 Å². The highest BCUT2D eigenvalue weighted by molar-refractivity contribution is 4.79. The summed E-state index contributed by atoms with van der Waals surface area (Å²) in [5.41, 5.74) is -0.0548. The minimum Gasteiger partial charge on any atom is -0.396 e. The molecule has 110 valence electrons. The van der Waals surface area contributed by atoms with Gasteiger partial charge in [0.05, 0.1) is 13.2 Å². The molecule has 1 N–H and O–H groups in total. The highest BCUT2D eigenvalue weighted by Gasteiger charge is 2.28. The number of rotatable bonds is 11. The van der Waals surface area contributed by atoms with E-state index in [9.17, 15) is 5.11 Å². The summed E-state index contributed by atoms with van der Waals surface area (Å²) in [7, 11) is 10.1. The molecule has 0 bridgehead atoms. The van der Waals surface area contributed by atoms with Gasteiger partial charge >= 0.3 is 0 Å². The number of hydrogen-bond acceptors (Lipinski definition) is 4. The SMILES string of the molecule is COCC(CO)(CCCN(C)C)CCCN(C)C. The fraction of sp³-hybridized carbons (Fsp3) is 1.00. The van der Waals surface area contributed by atoms with Gasteiger partial charge in [-0.25, -0.2) is 0 Å². The zero-order chi connectivity index (χ0) is 14.0. The molecule has 0 heterocycles. The Kier molecular flexibility index (Phi) is 9.64. The lowest BCUT2D eigenvalue weighted by molar-refractivity contribution is 0.0117. The van der Waals surface area contributed by atoms with E-state index in [1.54, 1.807) is 7.11 Å². The first kappa shape index (κ1) is 17.8. The van der Waals surface area contributed by atoms with E-state index < -0.39 is 0 Å². The third-order valence-corrected chi connectivity index (χ3v) is 3.41. The van der Waals surface area contributed by atoms with Crippen LogP contribution >= 0.6 is 0 Å². The number of aliphatic hydroxyl groups is 1. The minimum absolute atomic E-state index is 0.0548. The molecule has 0 spiro atoms. The number of aliphatic hydroxyl groups excluding tert-OH is 1. The number of ether oxygens (including phenoxy) is 1. The summed E-state index contributed by atoms with van der Waals surface area (Å²) in [6.45, 7) is 3.02. The van der Waals surface area contributed by atoms with Gasteiger partial charge in [-0.3, -0.25) is 0 Å². The first-order valence-electron chi connectivity index (χ1n) is 6.85. The summed E-state index contributed by atoms with van der Waals surface area (Å²) in [5, 5.41) is 9.73. The van der Waals surface area contributed by atoms with Crippen LogP contribution in [0.3, 0.4) is 0 Å². The van der Waals surface area contributed by atoms with Gasteiger partial charge in [-0.2, -0.15) is 0 Å². The summed E-state index contributed by atoms with van der Waals surface area (Å²) < 4.78 is 5.33. The molecule has 0 aliphatic rings. The van der Waals surface area contributed by atoms with E-state index in [1.165, 1.54) is 0 Å². The van der Waals surface area contributed by atoms with Crippen molar-refractivity contribution in [2.45, 2.75) is 25.7 Å². The maximum atomic E-state index is 9.73. The summed E-state index contributed by atoms with van der Waals surface area (Å²) in [6.07, 6.45) is 4.28. The van der Waals surface area contributed by atoms with Crippen LogP contribution in [0.2, 0.25) is 0 Å². The fourth-order valence-electron chi connectivity index (χ4n) is 2.32. The number of hydrogen-bond donors (Lipinski definition) is 1. The predicted octanol–water partition coefficient (Wildman–Crippen LogP) is 1.30. The molecule has 0 rings (SSSR count). The van der Waals surface area contributed by atoms with Crippen molar-refractivity contribution in [3.8, 4) is 0 Å². The van der Waals surface area contributed by atoms with Crippen LogP contribution in [0.4, 0.5) is 0 Å². The monoisotopic (exact) mass is 260 g/mol. The molecule has 0 aromatic heterocycles. The van der Waals surface area contributed by atoms with E-state index in [0.717, 1.165) is 38.8 Å². The van der Waals surface area contributed by atoms with Crippen LogP contribution in [0.1, 0.15) is 25.7 Å². The first-order chi connectivity index (χ1) is 8.45. The summed E-state index contributed by atoms with van der Waals surface area (Å²) >= 11 is 0. The van der Waals surface area contributed by atoms with Crippen LogP contribution in [0.15, 0.2) is 0 Å². The van der Waals surface area contributed by atoms with Gasteiger partial charge in [-0.05, 0) is 67.0 Å². The van der Waals surface area contributed by atoms with Gasteiger partial charge < -0.3 is 19.6 Å². The van der Waals surface area contributed by atoms with Crippen LogP contribution < -0.4 is 0 Å². The molecule has 0 aromatic rings. The second-order valence-electron chi connectivity index (χ2n) is 5.90. The average Bonchev–Trinajstić information content (AvgIpc) is 2.28. The Bertz CT molecular complexity index is 182. The highest BCUT2D eigenvalue weighted by Crippen LogP contribution is 2.30. The van der Waals surface area contributed by atoms with Gasteiger partial charge in [0.1, 0.15) is 0 Å². The van der Waals surface area contributed by atoms with E-state index in [-0.39, 0.29) is 12.0 Å². The van der Waals surface area contributed by atoms with Crippen molar-refractivity contribution in [2.75, 3.05) is 61.6 Å². The van der Waals surface area contributed by atoms with Gasteiger partial charge in [-0.1, -0.05) is 0 Å². The van der Waals surface area contributed by atoms with Crippen molar-refractivity contribution < 1.29 is 9.84 Å². The molecule has 0 amide bonds. The zero-order valence-corrected chi connectivity index (χ0v) is 12.9. The van der Waals surface area contributed by atoms with E-state index in [0.29, 0.717) is 6.61 Å². The Balaban J connectivity index is 4.21. The van der Waals surface area contributed by atoms with Crippen molar-refractivity contribution >= 4 is 0 Å². The molecule has 0 radical (unpaired) electrons. The van der Waals surface area contributed by atoms with Crippen LogP contribution in [0, 0.1) is 5.41 Å². The molecule has 0 unspecified atom stereocenters. The molecule has 0 aliphatic heterocycles. The van der Waals surface area contributed by atoms with Crippen LogP contribution in [0.5, 0.6) is 0 Å². The molecular weight excluding hydrogens is 228 g/mol. The molecule has 0 saturated carbocycles. The molecular formula is C14H32N2O2. The Morgan fingerprint density at radius 3 is 1.67 bits per heavy atom. The highest BCUT2D eigenvalue weighted by atomic mass is 16.5. The fourth-order valence-corrected chi connectivity index (χ4v) is 2.32. The Morgan fingerprint density at radius 1 is 0.944 bits per heavy atom. The number of methoxy groups -OCH3 is 1. The first-order valence-corrected chi connectivity index (χ1v) is 6.85. The molecule has 0 aromatic carbocycles. The van der Waals surface area contributed by atoms with Gasteiger partial charge in [-0.15, -0.1) is 0 Å². The lowest BCUT2D eigenvalue weighted by Gasteiger charge is -2.32. The minimum atomic E-state index is -0.0548. The third kappa shape index (κ3) is 8.03. The zero-order valence-electron chi connectivity index (χ0n) is 12.9. The lowest BCUT2D eigenvalue weighted by Crippen LogP contribution is -2.33. The topological polar surface area (TPSA) is 35.9 Å². The van der Waals surface area contributed by atoms with E-state index in [2.05, 4.69) is 38.0 Å². The Morgan fingerprint density at radius 2 is 1.39 bits per heavy atom. The van der Waals surface area contributed by atoms with E-state index in [4.69, 9.17) is 4.74 Å². The maximum Gasteiger partial charge on any atom is 0.0540 e. The van der Waals surface area contributed by atoms with E-state index >= 15 is 0 Å². The third-order valence-electron chi connectivity index (χ3n) is 3.41. The molecule has 0 saturated heterocycles. The standard InChI is InChI=1S/C14H32N2O2/c1-15(2)10-6-8-14(12-17,13-18-5)9-7-11-16(3)4/h17H,6-13H2,1-5H3.